The molecular formula is C20H28ClFN2O. The minimum atomic E-state index is -0.474. The molecule has 1 spiro atoms. The average Bonchev–Trinajstić information content (AvgIpc) is 3.20. The van der Waals surface area contributed by atoms with Gasteiger partial charge in [0.2, 0.25) is 0 Å². The summed E-state index contributed by atoms with van der Waals surface area (Å²) in [6.07, 6.45) is 5.89. The fourth-order valence-electron chi connectivity index (χ4n) is 3.98. The summed E-state index contributed by atoms with van der Waals surface area (Å²) in [5.74, 6) is 0.0796. The lowest BCUT2D eigenvalue weighted by Crippen LogP contribution is -2.39. The Bertz CT molecular complexity index is 606. The summed E-state index contributed by atoms with van der Waals surface area (Å²) in [5.41, 5.74) is 0.569. The van der Waals surface area contributed by atoms with Gasteiger partial charge in [0.05, 0.1) is 0 Å². The Hall–Kier alpha value is -1.13. The van der Waals surface area contributed by atoms with Crippen LogP contribution in [-0.4, -0.2) is 36.5 Å². The van der Waals surface area contributed by atoms with Gasteiger partial charge in [0.1, 0.15) is 5.82 Å². The SMILES string of the molecule is CC(C)CCCN1CCC2(CC1)CC2NC(=O)c1cc(F)cc(Cl)c1. The molecule has 1 heterocycles. The van der Waals surface area contributed by atoms with Gasteiger partial charge in [-0.1, -0.05) is 25.4 Å². The number of hydrogen-bond acceptors (Lipinski definition) is 2. The van der Waals surface area contributed by atoms with Gasteiger partial charge in [0.25, 0.3) is 5.91 Å². The molecule has 1 amide bonds. The molecule has 1 saturated heterocycles. The molecule has 1 N–H and O–H groups in total. The van der Waals surface area contributed by atoms with Crippen LogP contribution in [0.4, 0.5) is 4.39 Å². The van der Waals surface area contributed by atoms with Gasteiger partial charge in [0, 0.05) is 16.6 Å². The molecule has 3 rings (SSSR count). The molecule has 1 aromatic carbocycles. The van der Waals surface area contributed by atoms with Crippen molar-refractivity contribution in [3.05, 3.63) is 34.6 Å². The topological polar surface area (TPSA) is 32.3 Å². The molecule has 1 aliphatic carbocycles. The first-order chi connectivity index (χ1) is 11.9. The number of benzene rings is 1. The summed E-state index contributed by atoms with van der Waals surface area (Å²) in [6, 6.07) is 4.20. The Morgan fingerprint density at radius 1 is 1.36 bits per heavy atom. The van der Waals surface area contributed by atoms with E-state index in [1.165, 1.54) is 37.6 Å². The highest BCUT2D eigenvalue weighted by Crippen LogP contribution is 2.54. The molecule has 5 heteroatoms. The van der Waals surface area contributed by atoms with Gasteiger partial charge < -0.3 is 10.2 Å². The van der Waals surface area contributed by atoms with E-state index >= 15 is 0 Å². The molecule has 2 aliphatic rings. The number of rotatable bonds is 6. The summed E-state index contributed by atoms with van der Waals surface area (Å²) in [6.45, 7) is 7.97. The molecule has 2 fully saturated rings. The van der Waals surface area contributed by atoms with Crippen molar-refractivity contribution in [1.29, 1.82) is 0 Å². The van der Waals surface area contributed by atoms with Gasteiger partial charge in [-0.15, -0.1) is 0 Å². The highest BCUT2D eigenvalue weighted by atomic mass is 35.5. The number of halogens is 2. The van der Waals surface area contributed by atoms with E-state index in [1.54, 1.807) is 0 Å². The van der Waals surface area contributed by atoms with Crippen LogP contribution >= 0.6 is 11.6 Å². The van der Waals surface area contributed by atoms with Gasteiger partial charge in [-0.3, -0.25) is 4.79 Å². The van der Waals surface area contributed by atoms with E-state index in [-0.39, 0.29) is 22.4 Å². The second-order valence-corrected chi connectivity index (χ2v) is 8.56. The first-order valence-electron chi connectivity index (χ1n) is 9.37. The van der Waals surface area contributed by atoms with Gasteiger partial charge in [-0.25, -0.2) is 4.39 Å². The van der Waals surface area contributed by atoms with E-state index in [1.807, 2.05) is 0 Å². The van der Waals surface area contributed by atoms with Gasteiger partial charge in [0.15, 0.2) is 0 Å². The Labute approximate surface area is 154 Å². The molecule has 25 heavy (non-hydrogen) atoms. The fraction of sp³-hybridized carbons (Fsp3) is 0.650. The zero-order chi connectivity index (χ0) is 18.0. The van der Waals surface area contributed by atoms with Crippen molar-refractivity contribution in [2.45, 2.75) is 52.0 Å². The molecular weight excluding hydrogens is 339 g/mol. The molecule has 1 aromatic rings. The van der Waals surface area contributed by atoms with E-state index < -0.39 is 5.82 Å². The Morgan fingerprint density at radius 2 is 2.08 bits per heavy atom. The predicted octanol–water partition coefficient (Wildman–Crippen LogP) is 4.50. The maximum atomic E-state index is 13.4. The number of hydrogen-bond donors (Lipinski definition) is 1. The number of amides is 1. The lowest BCUT2D eigenvalue weighted by Gasteiger charge is -2.33. The Balaban J connectivity index is 1.46. The summed E-state index contributed by atoms with van der Waals surface area (Å²) < 4.78 is 13.4. The zero-order valence-corrected chi connectivity index (χ0v) is 15.9. The van der Waals surface area contributed by atoms with Crippen molar-refractivity contribution in [3.63, 3.8) is 0 Å². The van der Waals surface area contributed by atoms with Gasteiger partial charge in [-0.2, -0.15) is 0 Å². The third-order valence-electron chi connectivity index (χ3n) is 5.73. The smallest absolute Gasteiger partial charge is 0.251 e. The van der Waals surface area contributed by atoms with Crippen LogP contribution in [0.2, 0.25) is 5.02 Å². The number of piperidine rings is 1. The summed E-state index contributed by atoms with van der Waals surface area (Å²) in [4.78, 5) is 14.9. The first-order valence-corrected chi connectivity index (χ1v) is 9.75. The largest absolute Gasteiger partial charge is 0.349 e. The summed E-state index contributed by atoms with van der Waals surface area (Å²) in [5, 5.41) is 3.33. The van der Waals surface area contributed by atoms with Crippen LogP contribution in [0.5, 0.6) is 0 Å². The number of nitrogens with one attached hydrogen (secondary N) is 1. The predicted molar refractivity (Wildman–Crippen MR) is 99.5 cm³/mol. The fourth-order valence-corrected chi connectivity index (χ4v) is 4.20. The van der Waals surface area contributed by atoms with Gasteiger partial charge in [-0.05, 0) is 81.3 Å². The van der Waals surface area contributed by atoms with E-state index in [0.29, 0.717) is 5.56 Å². The van der Waals surface area contributed by atoms with Crippen LogP contribution < -0.4 is 5.32 Å². The van der Waals surface area contributed by atoms with Crippen LogP contribution in [0.1, 0.15) is 56.3 Å². The molecule has 1 unspecified atom stereocenters. The Kier molecular flexibility index (Phi) is 5.69. The minimum Gasteiger partial charge on any atom is -0.349 e. The highest BCUT2D eigenvalue weighted by Gasteiger charge is 2.55. The molecule has 0 bridgehead atoms. The van der Waals surface area contributed by atoms with Crippen LogP contribution in [0.25, 0.3) is 0 Å². The molecule has 0 aromatic heterocycles. The highest BCUT2D eigenvalue weighted by molar-refractivity contribution is 6.31. The summed E-state index contributed by atoms with van der Waals surface area (Å²) in [7, 11) is 0. The molecule has 1 aliphatic heterocycles. The van der Waals surface area contributed by atoms with E-state index in [2.05, 4.69) is 24.1 Å². The monoisotopic (exact) mass is 366 g/mol. The van der Waals surface area contributed by atoms with E-state index in [4.69, 9.17) is 11.6 Å². The zero-order valence-electron chi connectivity index (χ0n) is 15.2. The quantitative estimate of drug-likeness (QED) is 0.803. The normalized spacial score (nSPS) is 22.4. The van der Waals surface area contributed by atoms with Gasteiger partial charge >= 0.3 is 0 Å². The number of likely N-dealkylation sites (tertiary alicyclic amines) is 1. The average molecular weight is 367 g/mol. The van der Waals surface area contributed by atoms with Crippen LogP contribution in [0.15, 0.2) is 18.2 Å². The molecule has 1 atom stereocenters. The van der Waals surface area contributed by atoms with Crippen molar-refractivity contribution in [1.82, 2.24) is 10.2 Å². The summed E-state index contributed by atoms with van der Waals surface area (Å²) >= 11 is 5.84. The van der Waals surface area contributed by atoms with E-state index in [9.17, 15) is 9.18 Å². The first kappa shape index (κ1) is 18.7. The van der Waals surface area contributed by atoms with Crippen molar-refractivity contribution >= 4 is 17.5 Å². The standard InChI is InChI=1S/C20H28ClFN2O/c1-14(2)4-3-7-24-8-5-20(6-9-24)13-18(20)23-19(25)15-10-16(21)12-17(22)11-15/h10-12,14,18H,3-9,13H2,1-2H3,(H,23,25). The molecule has 1 saturated carbocycles. The number of nitrogens with zero attached hydrogens (tertiary/aromatic N) is 1. The second-order valence-electron chi connectivity index (χ2n) is 8.13. The third-order valence-corrected chi connectivity index (χ3v) is 5.95. The lowest BCUT2D eigenvalue weighted by atomic mass is 9.92. The Morgan fingerprint density at radius 3 is 2.72 bits per heavy atom. The molecule has 138 valence electrons. The van der Waals surface area contributed by atoms with Crippen molar-refractivity contribution < 1.29 is 9.18 Å². The maximum absolute atomic E-state index is 13.4. The van der Waals surface area contributed by atoms with E-state index in [0.717, 1.165) is 38.3 Å². The second kappa shape index (κ2) is 7.63. The molecule has 3 nitrogen and oxygen atoms in total. The van der Waals surface area contributed by atoms with Crippen molar-refractivity contribution in [2.24, 2.45) is 11.3 Å². The van der Waals surface area contributed by atoms with Crippen molar-refractivity contribution in [2.75, 3.05) is 19.6 Å². The maximum Gasteiger partial charge on any atom is 0.251 e. The number of carbonyl (C=O) groups excluding carboxylic acids is 1. The minimum absolute atomic E-state index is 0.220. The third kappa shape index (κ3) is 4.73. The van der Waals surface area contributed by atoms with Crippen LogP contribution in [0.3, 0.4) is 0 Å². The molecule has 0 radical (unpaired) electrons. The van der Waals surface area contributed by atoms with Crippen LogP contribution in [0, 0.1) is 17.2 Å². The number of carbonyl (C=O) groups is 1. The van der Waals surface area contributed by atoms with Crippen molar-refractivity contribution in [3.8, 4) is 0 Å². The lowest BCUT2D eigenvalue weighted by molar-refractivity contribution is 0.0934. The van der Waals surface area contributed by atoms with Crippen LogP contribution in [-0.2, 0) is 0 Å².